The number of rotatable bonds is 4. The molecule has 0 saturated carbocycles. The van der Waals surface area contributed by atoms with Gasteiger partial charge in [-0.1, -0.05) is 50.6 Å². The van der Waals surface area contributed by atoms with Gasteiger partial charge in [-0.2, -0.15) is 0 Å². The van der Waals surface area contributed by atoms with Gasteiger partial charge in [0.15, 0.2) is 0 Å². The van der Waals surface area contributed by atoms with Crippen LogP contribution in [0.5, 0.6) is 0 Å². The number of amides is 1. The molecule has 25 heavy (non-hydrogen) atoms. The minimum absolute atomic E-state index is 0.180. The Hall–Kier alpha value is -2.33. The van der Waals surface area contributed by atoms with Crippen LogP contribution in [0.15, 0.2) is 36.4 Å². The summed E-state index contributed by atoms with van der Waals surface area (Å²) in [6, 6.07) is 12.1. The lowest BCUT2D eigenvalue weighted by Gasteiger charge is -2.24. The van der Waals surface area contributed by atoms with E-state index in [1.807, 2.05) is 24.3 Å². The topological polar surface area (TPSA) is 52.6 Å². The second-order valence-corrected chi connectivity index (χ2v) is 7.71. The number of hydroxylamine groups is 2. The minimum Gasteiger partial charge on any atom is -0.355 e. The van der Waals surface area contributed by atoms with Gasteiger partial charge in [0.05, 0.1) is 6.54 Å². The zero-order valence-corrected chi connectivity index (χ0v) is 16.0. The Balaban J connectivity index is 2.09. The molecule has 134 valence electrons. The van der Waals surface area contributed by atoms with E-state index in [1.165, 1.54) is 16.7 Å². The Morgan fingerprint density at radius 3 is 2.04 bits per heavy atom. The quantitative estimate of drug-likeness (QED) is 0.600. The third-order valence-electron chi connectivity index (χ3n) is 4.11. The summed E-state index contributed by atoms with van der Waals surface area (Å²) >= 11 is 0. The van der Waals surface area contributed by atoms with Gasteiger partial charge in [0.25, 0.3) is 5.91 Å². The predicted molar refractivity (Wildman–Crippen MR) is 102 cm³/mol. The minimum atomic E-state index is -0.600. The van der Waals surface area contributed by atoms with Crippen molar-refractivity contribution in [1.29, 1.82) is 0 Å². The number of carbonyl (C=O) groups is 1. The van der Waals surface area contributed by atoms with E-state index in [0.29, 0.717) is 0 Å². The lowest BCUT2D eigenvalue weighted by Crippen LogP contribution is -2.36. The van der Waals surface area contributed by atoms with Gasteiger partial charge in [0, 0.05) is 16.8 Å². The van der Waals surface area contributed by atoms with Crippen molar-refractivity contribution in [2.45, 2.75) is 48.1 Å². The molecule has 0 radical (unpaired) electrons. The molecule has 4 heteroatoms. The summed E-state index contributed by atoms with van der Waals surface area (Å²) in [7, 11) is 0. The van der Waals surface area contributed by atoms with Crippen LogP contribution in [-0.4, -0.2) is 16.2 Å². The molecule has 0 unspecified atom stereocenters. The molecule has 4 nitrogen and oxygen atoms in total. The van der Waals surface area contributed by atoms with E-state index in [2.05, 4.69) is 38.2 Å². The lowest BCUT2D eigenvalue weighted by atomic mass is 9.95. The number of carbonyl (C=O) groups excluding carboxylic acids is 1. The SMILES string of the molecule is Cc1cc(C)c(Nc2ccc(CN(O)C(=O)C(C)(C)C)cc2)c(C)c1. The van der Waals surface area contributed by atoms with E-state index in [0.717, 1.165) is 22.0 Å². The molecular formula is C21H28N2O2. The zero-order chi connectivity index (χ0) is 18.8. The van der Waals surface area contributed by atoms with E-state index in [4.69, 9.17) is 0 Å². The van der Waals surface area contributed by atoms with Crippen molar-refractivity contribution < 1.29 is 10.0 Å². The van der Waals surface area contributed by atoms with Gasteiger partial charge in [0.1, 0.15) is 0 Å². The number of nitrogens with one attached hydrogen (secondary N) is 1. The fourth-order valence-electron chi connectivity index (χ4n) is 2.85. The monoisotopic (exact) mass is 340 g/mol. The molecule has 0 fully saturated rings. The molecule has 0 bridgehead atoms. The predicted octanol–water partition coefficient (Wildman–Crippen LogP) is 5.12. The number of hydrogen-bond donors (Lipinski definition) is 2. The first kappa shape index (κ1) is 19.0. The molecule has 0 aliphatic carbocycles. The normalized spacial score (nSPS) is 11.3. The summed E-state index contributed by atoms with van der Waals surface area (Å²) in [6.45, 7) is 11.8. The number of nitrogens with zero attached hydrogens (tertiary/aromatic N) is 1. The van der Waals surface area contributed by atoms with Crippen LogP contribution >= 0.6 is 0 Å². The molecule has 0 aliphatic heterocycles. The Bertz CT molecular complexity index is 735. The van der Waals surface area contributed by atoms with Crippen LogP contribution in [0.1, 0.15) is 43.0 Å². The Kier molecular flexibility index (Phi) is 5.53. The first-order chi connectivity index (χ1) is 11.6. The maximum Gasteiger partial charge on any atom is 0.251 e. The molecule has 0 saturated heterocycles. The van der Waals surface area contributed by atoms with Crippen LogP contribution in [0.4, 0.5) is 11.4 Å². The third-order valence-corrected chi connectivity index (χ3v) is 4.11. The average molecular weight is 340 g/mol. The highest BCUT2D eigenvalue weighted by Gasteiger charge is 2.26. The molecule has 0 aromatic heterocycles. The number of hydrogen-bond acceptors (Lipinski definition) is 3. The van der Waals surface area contributed by atoms with Crippen molar-refractivity contribution in [3.8, 4) is 0 Å². The summed E-state index contributed by atoms with van der Waals surface area (Å²) in [6.07, 6.45) is 0. The van der Waals surface area contributed by atoms with Gasteiger partial charge in [-0.3, -0.25) is 10.0 Å². The van der Waals surface area contributed by atoms with Gasteiger partial charge in [0.2, 0.25) is 0 Å². The van der Waals surface area contributed by atoms with Crippen LogP contribution in [0.25, 0.3) is 0 Å². The van der Waals surface area contributed by atoms with Crippen LogP contribution in [0.2, 0.25) is 0 Å². The second kappa shape index (κ2) is 7.28. The van der Waals surface area contributed by atoms with Crippen LogP contribution in [0, 0.1) is 26.2 Å². The molecular weight excluding hydrogens is 312 g/mol. The standard InChI is InChI=1S/C21H28N2O2/c1-14-11-15(2)19(16(3)12-14)22-18-9-7-17(8-10-18)13-23(25)20(24)21(4,5)6/h7-12,22,25H,13H2,1-6H3. The first-order valence-corrected chi connectivity index (χ1v) is 8.52. The molecule has 0 aliphatic rings. The fourth-order valence-corrected chi connectivity index (χ4v) is 2.85. The van der Waals surface area contributed by atoms with E-state index in [-0.39, 0.29) is 12.5 Å². The number of aryl methyl sites for hydroxylation is 3. The van der Waals surface area contributed by atoms with Gasteiger partial charge in [-0.25, -0.2) is 5.06 Å². The molecule has 2 N–H and O–H groups in total. The van der Waals surface area contributed by atoms with Crippen LogP contribution in [-0.2, 0) is 11.3 Å². The molecule has 0 heterocycles. The first-order valence-electron chi connectivity index (χ1n) is 8.52. The highest BCUT2D eigenvalue weighted by atomic mass is 16.5. The molecule has 2 aromatic carbocycles. The van der Waals surface area contributed by atoms with Crippen molar-refractivity contribution >= 4 is 17.3 Å². The van der Waals surface area contributed by atoms with Gasteiger partial charge >= 0.3 is 0 Å². The van der Waals surface area contributed by atoms with E-state index in [9.17, 15) is 10.0 Å². The van der Waals surface area contributed by atoms with Crippen LogP contribution in [0.3, 0.4) is 0 Å². The molecule has 0 atom stereocenters. The fraction of sp³-hybridized carbons (Fsp3) is 0.381. The smallest absolute Gasteiger partial charge is 0.251 e. The van der Waals surface area contributed by atoms with Crippen LogP contribution < -0.4 is 5.32 Å². The third kappa shape index (κ3) is 4.83. The van der Waals surface area contributed by atoms with Crippen molar-refractivity contribution in [2.75, 3.05) is 5.32 Å². The molecule has 2 rings (SSSR count). The van der Waals surface area contributed by atoms with Crippen molar-refractivity contribution in [3.63, 3.8) is 0 Å². The number of benzene rings is 2. The highest BCUT2D eigenvalue weighted by molar-refractivity contribution is 5.80. The second-order valence-electron chi connectivity index (χ2n) is 7.71. The largest absolute Gasteiger partial charge is 0.355 e. The number of anilines is 2. The lowest BCUT2D eigenvalue weighted by molar-refractivity contribution is -0.177. The van der Waals surface area contributed by atoms with Crippen molar-refractivity contribution in [2.24, 2.45) is 5.41 Å². The molecule has 2 aromatic rings. The Labute approximate surface area is 150 Å². The van der Waals surface area contributed by atoms with Crippen molar-refractivity contribution in [3.05, 3.63) is 58.7 Å². The van der Waals surface area contributed by atoms with Crippen molar-refractivity contribution in [1.82, 2.24) is 5.06 Å². The van der Waals surface area contributed by atoms with E-state index >= 15 is 0 Å². The zero-order valence-electron chi connectivity index (χ0n) is 16.0. The average Bonchev–Trinajstić information content (AvgIpc) is 2.50. The van der Waals surface area contributed by atoms with Gasteiger partial charge in [-0.15, -0.1) is 0 Å². The summed E-state index contributed by atoms with van der Waals surface area (Å²) in [5.74, 6) is -0.291. The Morgan fingerprint density at radius 2 is 1.56 bits per heavy atom. The Morgan fingerprint density at radius 1 is 1.04 bits per heavy atom. The van der Waals surface area contributed by atoms with Gasteiger partial charge in [-0.05, 0) is 49.6 Å². The molecule has 0 spiro atoms. The maximum absolute atomic E-state index is 12.0. The van der Waals surface area contributed by atoms with Gasteiger partial charge < -0.3 is 5.32 Å². The van der Waals surface area contributed by atoms with E-state index < -0.39 is 5.41 Å². The highest BCUT2D eigenvalue weighted by Crippen LogP contribution is 2.26. The summed E-state index contributed by atoms with van der Waals surface area (Å²) < 4.78 is 0. The summed E-state index contributed by atoms with van der Waals surface area (Å²) in [5.41, 5.74) is 6.04. The maximum atomic E-state index is 12.0. The summed E-state index contributed by atoms with van der Waals surface area (Å²) in [4.78, 5) is 12.0. The molecule has 1 amide bonds. The van der Waals surface area contributed by atoms with E-state index in [1.54, 1.807) is 20.8 Å². The summed E-state index contributed by atoms with van der Waals surface area (Å²) in [5, 5.41) is 14.2.